The Balaban J connectivity index is 1.55. The molecule has 0 aromatic carbocycles. The van der Waals surface area contributed by atoms with E-state index in [2.05, 4.69) is 23.4 Å². The third-order valence-corrected chi connectivity index (χ3v) is 5.31. The Kier molecular flexibility index (Phi) is 5.65. The lowest BCUT2D eigenvalue weighted by Crippen LogP contribution is -2.37. The van der Waals surface area contributed by atoms with E-state index in [1.165, 1.54) is 38.5 Å². The molecule has 3 fully saturated rings. The average molecular weight is 318 g/mol. The van der Waals surface area contributed by atoms with Crippen molar-refractivity contribution in [3.05, 3.63) is 36.4 Å². The molecule has 4 nitrogen and oxygen atoms in total. The van der Waals surface area contributed by atoms with E-state index in [0.717, 1.165) is 37.0 Å². The van der Waals surface area contributed by atoms with Gasteiger partial charge in [0, 0.05) is 37.4 Å². The summed E-state index contributed by atoms with van der Waals surface area (Å²) >= 11 is 0. The van der Waals surface area contributed by atoms with Crippen molar-refractivity contribution >= 4 is 0 Å². The lowest BCUT2D eigenvalue weighted by molar-refractivity contribution is 0.0601. The zero-order valence-corrected chi connectivity index (χ0v) is 14.2. The number of hydrogen-bond acceptors (Lipinski definition) is 4. The molecule has 3 aliphatic rings. The fourth-order valence-corrected chi connectivity index (χ4v) is 3.95. The molecule has 1 saturated carbocycles. The quantitative estimate of drug-likeness (QED) is 0.866. The molecule has 0 spiro atoms. The van der Waals surface area contributed by atoms with Crippen LogP contribution < -0.4 is 5.32 Å². The largest absolute Gasteiger partial charge is 0.487 e. The van der Waals surface area contributed by atoms with Crippen molar-refractivity contribution in [2.24, 2.45) is 5.92 Å². The molecule has 1 aliphatic carbocycles. The molecule has 4 heteroatoms. The molecule has 128 valence electrons. The molecule has 0 aromatic rings. The predicted molar refractivity (Wildman–Crippen MR) is 92.8 cm³/mol. The number of ether oxygens (including phenoxy) is 2. The number of nitrogens with one attached hydrogen (secondary N) is 1. The van der Waals surface area contributed by atoms with Crippen LogP contribution in [0, 0.1) is 5.92 Å². The summed E-state index contributed by atoms with van der Waals surface area (Å²) in [6.45, 7) is 12.4. The first kappa shape index (κ1) is 16.4. The maximum absolute atomic E-state index is 5.63. The Morgan fingerprint density at radius 2 is 1.87 bits per heavy atom. The lowest BCUT2D eigenvalue weighted by Gasteiger charge is -2.30. The van der Waals surface area contributed by atoms with Crippen LogP contribution in [0.2, 0.25) is 0 Å². The molecule has 1 atom stereocenters. The Labute approximate surface area is 140 Å². The minimum absolute atomic E-state index is 0.583. The summed E-state index contributed by atoms with van der Waals surface area (Å²) in [5.74, 6) is 2.21. The number of hydrogen-bond donors (Lipinski definition) is 1. The highest BCUT2D eigenvalue weighted by Crippen LogP contribution is 2.29. The minimum atomic E-state index is 0.583. The van der Waals surface area contributed by atoms with Gasteiger partial charge in [0.1, 0.15) is 13.2 Å². The first-order chi connectivity index (χ1) is 11.2. The fraction of sp³-hybridized carbons (Fsp3) is 0.684. The Hall–Kier alpha value is -1.42. The van der Waals surface area contributed by atoms with Gasteiger partial charge >= 0.3 is 0 Å². The van der Waals surface area contributed by atoms with Crippen LogP contribution in [0.15, 0.2) is 36.4 Å². The summed E-state index contributed by atoms with van der Waals surface area (Å²) in [4.78, 5) is 2.36. The van der Waals surface area contributed by atoms with Gasteiger partial charge in [-0.2, -0.15) is 0 Å². The van der Waals surface area contributed by atoms with Gasteiger partial charge < -0.3 is 19.7 Å². The molecule has 0 amide bonds. The second-order valence-electron chi connectivity index (χ2n) is 6.85. The van der Waals surface area contributed by atoms with Crippen molar-refractivity contribution in [3.8, 4) is 0 Å². The van der Waals surface area contributed by atoms with E-state index in [1.807, 2.05) is 6.08 Å². The Morgan fingerprint density at radius 3 is 2.65 bits per heavy atom. The first-order valence-corrected chi connectivity index (χ1v) is 9.08. The summed E-state index contributed by atoms with van der Waals surface area (Å²) in [6, 6.07) is 0.671. The molecular formula is C19H30N2O2. The van der Waals surface area contributed by atoms with Gasteiger partial charge in [0.2, 0.25) is 0 Å². The third-order valence-electron chi connectivity index (χ3n) is 5.31. The van der Waals surface area contributed by atoms with Crippen molar-refractivity contribution in [1.82, 2.24) is 10.2 Å². The highest BCUT2D eigenvalue weighted by molar-refractivity contribution is 5.27. The van der Waals surface area contributed by atoms with Crippen molar-refractivity contribution in [2.45, 2.75) is 44.6 Å². The summed E-state index contributed by atoms with van der Waals surface area (Å²) < 4.78 is 11.1. The van der Waals surface area contributed by atoms with Gasteiger partial charge in [0.05, 0.1) is 0 Å². The summed E-state index contributed by atoms with van der Waals surface area (Å²) in [7, 11) is 0. The molecule has 1 N–H and O–H groups in total. The maximum atomic E-state index is 5.63. The van der Waals surface area contributed by atoms with Gasteiger partial charge in [-0.3, -0.25) is 0 Å². The SMILES string of the molecule is C=C1OCCO/C1=C/C(=C)N1CCNC(C2CCCCC2)CC1. The van der Waals surface area contributed by atoms with Crippen LogP contribution in [0.25, 0.3) is 0 Å². The standard InChI is InChI=1S/C19H30N2O2/c1-15(14-19-16(2)22-12-13-23-19)21-10-8-18(20-9-11-21)17-6-4-3-5-7-17/h14,17-18,20H,1-13H2/b19-14+. The van der Waals surface area contributed by atoms with E-state index in [9.17, 15) is 0 Å². The highest BCUT2D eigenvalue weighted by atomic mass is 16.6. The fourth-order valence-electron chi connectivity index (χ4n) is 3.95. The highest BCUT2D eigenvalue weighted by Gasteiger charge is 2.26. The molecule has 2 heterocycles. The summed E-state index contributed by atoms with van der Waals surface area (Å²) in [5, 5.41) is 3.77. The van der Waals surface area contributed by atoms with E-state index >= 15 is 0 Å². The zero-order chi connectivity index (χ0) is 16.1. The number of nitrogens with zero attached hydrogens (tertiary/aromatic N) is 1. The molecular weight excluding hydrogens is 288 g/mol. The van der Waals surface area contributed by atoms with Crippen LogP contribution in [0.4, 0.5) is 0 Å². The van der Waals surface area contributed by atoms with E-state index in [4.69, 9.17) is 9.47 Å². The molecule has 2 aliphatic heterocycles. The van der Waals surface area contributed by atoms with Gasteiger partial charge in [0.25, 0.3) is 0 Å². The van der Waals surface area contributed by atoms with Gasteiger partial charge in [0.15, 0.2) is 11.5 Å². The van der Waals surface area contributed by atoms with Crippen molar-refractivity contribution in [3.63, 3.8) is 0 Å². The van der Waals surface area contributed by atoms with Gasteiger partial charge in [-0.1, -0.05) is 32.4 Å². The van der Waals surface area contributed by atoms with Crippen LogP contribution in [-0.4, -0.2) is 43.8 Å². The van der Waals surface area contributed by atoms with E-state index < -0.39 is 0 Å². The first-order valence-electron chi connectivity index (χ1n) is 9.08. The monoisotopic (exact) mass is 318 g/mol. The van der Waals surface area contributed by atoms with E-state index in [0.29, 0.717) is 25.0 Å². The molecule has 1 unspecified atom stereocenters. The van der Waals surface area contributed by atoms with Crippen LogP contribution in [0.3, 0.4) is 0 Å². The maximum Gasteiger partial charge on any atom is 0.162 e. The average Bonchev–Trinajstić information content (AvgIpc) is 2.84. The van der Waals surface area contributed by atoms with Crippen LogP contribution in [0.1, 0.15) is 38.5 Å². The number of allylic oxidation sites excluding steroid dienone is 1. The van der Waals surface area contributed by atoms with Crippen LogP contribution in [0.5, 0.6) is 0 Å². The second-order valence-corrected chi connectivity index (χ2v) is 6.85. The molecule has 0 radical (unpaired) electrons. The van der Waals surface area contributed by atoms with Gasteiger partial charge in [-0.25, -0.2) is 0 Å². The topological polar surface area (TPSA) is 33.7 Å². The molecule has 2 saturated heterocycles. The van der Waals surface area contributed by atoms with Gasteiger partial charge in [-0.05, 0) is 25.2 Å². The van der Waals surface area contributed by atoms with Crippen molar-refractivity contribution < 1.29 is 9.47 Å². The molecule has 3 rings (SSSR count). The Morgan fingerprint density at radius 1 is 1.09 bits per heavy atom. The van der Waals surface area contributed by atoms with E-state index in [-0.39, 0.29) is 0 Å². The smallest absolute Gasteiger partial charge is 0.162 e. The van der Waals surface area contributed by atoms with Crippen molar-refractivity contribution in [2.75, 3.05) is 32.8 Å². The molecule has 23 heavy (non-hydrogen) atoms. The van der Waals surface area contributed by atoms with Crippen molar-refractivity contribution in [1.29, 1.82) is 0 Å². The van der Waals surface area contributed by atoms with Crippen LogP contribution >= 0.6 is 0 Å². The predicted octanol–water partition coefficient (Wildman–Crippen LogP) is 3.19. The molecule has 0 aromatic heterocycles. The third kappa shape index (κ3) is 4.31. The summed E-state index contributed by atoms with van der Waals surface area (Å²) in [5.41, 5.74) is 0.998. The second kappa shape index (κ2) is 7.91. The van der Waals surface area contributed by atoms with E-state index in [1.54, 1.807) is 0 Å². The van der Waals surface area contributed by atoms with Crippen LogP contribution in [-0.2, 0) is 9.47 Å². The zero-order valence-electron chi connectivity index (χ0n) is 14.2. The van der Waals surface area contributed by atoms with Gasteiger partial charge in [-0.15, -0.1) is 0 Å². The normalized spacial score (nSPS) is 28.9. The minimum Gasteiger partial charge on any atom is -0.487 e. The summed E-state index contributed by atoms with van der Waals surface area (Å²) in [6.07, 6.45) is 10.2. The molecule has 0 bridgehead atoms. The Bertz CT molecular complexity index is 466. The lowest BCUT2D eigenvalue weighted by atomic mass is 9.83. The number of rotatable bonds is 3.